The van der Waals surface area contributed by atoms with Gasteiger partial charge in [0.05, 0.1) is 0 Å². The lowest BCUT2D eigenvalue weighted by molar-refractivity contribution is -0.167. The average molecular weight is 821 g/mol. The van der Waals surface area contributed by atoms with Gasteiger partial charge in [0, 0.05) is 19.3 Å². The van der Waals surface area contributed by atoms with Gasteiger partial charge in [-0.25, -0.2) is 0 Å². The fourth-order valence-corrected chi connectivity index (χ4v) is 7.81. The first-order valence-corrected chi connectivity index (χ1v) is 25.7. The minimum absolute atomic E-state index is 0.0642. The highest BCUT2D eigenvalue weighted by Crippen LogP contribution is 2.17. The van der Waals surface area contributed by atoms with Crippen LogP contribution in [0.2, 0.25) is 0 Å². The summed E-state index contributed by atoms with van der Waals surface area (Å²) < 4.78 is 16.8. The molecule has 0 N–H and O–H groups in total. The normalized spacial score (nSPS) is 12.1. The first-order valence-electron chi connectivity index (χ1n) is 25.7. The second kappa shape index (κ2) is 44.9. The summed E-state index contributed by atoms with van der Waals surface area (Å²) in [6, 6.07) is 0. The van der Waals surface area contributed by atoms with Crippen LogP contribution in [-0.2, 0) is 28.6 Å². The molecule has 0 amide bonds. The van der Waals surface area contributed by atoms with Crippen LogP contribution in [0, 0.1) is 11.8 Å². The third-order valence-corrected chi connectivity index (χ3v) is 11.7. The highest BCUT2D eigenvalue weighted by molar-refractivity contribution is 5.71. The van der Waals surface area contributed by atoms with E-state index in [9.17, 15) is 14.4 Å². The topological polar surface area (TPSA) is 78.9 Å². The molecule has 0 unspecified atom stereocenters. The number of carbonyl (C=O) groups excluding carboxylic acids is 3. The Kier molecular flexibility index (Phi) is 43.7. The van der Waals surface area contributed by atoms with Crippen LogP contribution in [-0.4, -0.2) is 37.2 Å². The lowest BCUT2D eigenvalue weighted by Crippen LogP contribution is -2.30. The monoisotopic (exact) mass is 821 g/mol. The predicted octanol–water partition coefficient (Wildman–Crippen LogP) is 16.5. The van der Waals surface area contributed by atoms with Crippen molar-refractivity contribution in [3.63, 3.8) is 0 Å². The van der Waals surface area contributed by atoms with E-state index in [0.29, 0.717) is 19.3 Å². The standard InChI is InChI=1S/C52H100O6/c1-6-7-8-9-10-11-18-22-27-32-37-42-50(53)56-45-49(46-57-51(54)43-38-33-29-24-26-31-36-41-48(4)5)58-52(55)44-39-34-28-23-20-17-15-13-12-14-16-19-21-25-30-35-40-47(2)3/h47-49H,6-46H2,1-5H3/t49-/m0/s1. The Hall–Kier alpha value is -1.59. The van der Waals surface area contributed by atoms with Crippen molar-refractivity contribution >= 4 is 17.9 Å². The maximum Gasteiger partial charge on any atom is 0.306 e. The van der Waals surface area contributed by atoms with Crippen LogP contribution in [0.15, 0.2) is 0 Å². The van der Waals surface area contributed by atoms with Crippen molar-refractivity contribution in [3.05, 3.63) is 0 Å². The molecule has 1 atom stereocenters. The van der Waals surface area contributed by atoms with E-state index in [2.05, 4.69) is 34.6 Å². The summed E-state index contributed by atoms with van der Waals surface area (Å²) in [4.78, 5) is 37.8. The van der Waals surface area contributed by atoms with Crippen molar-refractivity contribution in [3.8, 4) is 0 Å². The lowest BCUT2D eigenvalue weighted by atomic mass is 10.0. The van der Waals surface area contributed by atoms with Gasteiger partial charge in [0.2, 0.25) is 0 Å². The molecule has 0 aliphatic rings. The molecule has 0 aliphatic carbocycles. The van der Waals surface area contributed by atoms with Crippen molar-refractivity contribution in [2.75, 3.05) is 13.2 Å². The minimum atomic E-state index is -0.761. The van der Waals surface area contributed by atoms with Gasteiger partial charge in [0.15, 0.2) is 6.10 Å². The van der Waals surface area contributed by atoms with Crippen molar-refractivity contribution in [1.82, 2.24) is 0 Å². The summed E-state index contributed by atoms with van der Waals surface area (Å²) in [5, 5.41) is 0. The van der Waals surface area contributed by atoms with E-state index in [1.54, 1.807) is 0 Å². The molecule has 0 aromatic heterocycles. The van der Waals surface area contributed by atoms with Crippen molar-refractivity contribution in [2.24, 2.45) is 11.8 Å². The fourth-order valence-electron chi connectivity index (χ4n) is 7.81. The summed E-state index contributed by atoms with van der Waals surface area (Å²) in [7, 11) is 0. The molecule has 0 aliphatic heterocycles. The number of carbonyl (C=O) groups is 3. The van der Waals surface area contributed by atoms with Crippen LogP contribution < -0.4 is 0 Å². The maximum absolute atomic E-state index is 12.8. The van der Waals surface area contributed by atoms with Crippen LogP contribution in [0.3, 0.4) is 0 Å². The van der Waals surface area contributed by atoms with Crippen LogP contribution in [0.1, 0.15) is 285 Å². The summed E-state index contributed by atoms with van der Waals surface area (Å²) in [5.74, 6) is 0.781. The zero-order valence-electron chi connectivity index (χ0n) is 39.7. The van der Waals surface area contributed by atoms with E-state index in [1.165, 1.54) is 173 Å². The molecular formula is C52H100O6. The Morgan fingerprint density at radius 1 is 0.328 bits per heavy atom. The molecule has 58 heavy (non-hydrogen) atoms. The quantitative estimate of drug-likeness (QED) is 0.0346. The third kappa shape index (κ3) is 45.5. The molecule has 0 fully saturated rings. The molecular weight excluding hydrogens is 721 g/mol. The van der Waals surface area contributed by atoms with Gasteiger partial charge in [-0.1, -0.05) is 247 Å². The smallest absolute Gasteiger partial charge is 0.306 e. The number of hydrogen-bond acceptors (Lipinski definition) is 6. The fraction of sp³-hybridized carbons (Fsp3) is 0.942. The molecule has 344 valence electrons. The number of hydrogen-bond donors (Lipinski definition) is 0. The Morgan fingerprint density at radius 3 is 0.845 bits per heavy atom. The van der Waals surface area contributed by atoms with Crippen LogP contribution in [0.25, 0.3) is 0 Å². The Labute approximate surface area is 361 Å². The van der Waals surface area contributed by atoms with Crippen molar-refractivity contribution in [2.45, 2.75) is 291 Å². The van der Waals surface area contributed by atoms with Gasteiger partial charge in [-0.05, 0) is 31.1 Å². The zero-order valence-corrected chi connectivity index (χ0v) is 39.7. The molecule has 0 spiro atoms. The third-order valence-electron chi connectivity index (χ3n) is 11.7. The molecule has 0 bridgehead atoms. The van der Waals surface area contributed by atoms with E-state index < -0.39 is 6.10 Å². The van der Waals surface area contributed by atoms with Gasteiger partial charge in [-0.2, -0.15) is 0 Å². The highest BCUT2D eigenvalue weighted by atomic mass is 16.6. The molecule has 0 rings (SSSR count). The second-order valence-electron chi connectivity index (χ2n) is 18.8. The van der Waals surface area contributed by atoms with E-state index in [4.69, 9.17) is 14.2 Å². The van der Waals surface area contributed by atoms with Gasteiger partial charge in [-0.3, -0.25) is 14.4 Å². The Bertz CT molecular complexity index is 885. The maximum atomic E-state index is 12.8. The zero-order chi connectivity index (χ0) is 42.6. The SMILES string of the molecule is CCCCCCCCCCCCCC(=O)OC[C@@H](COC(=O)CCCCCCCCCC(C)C)OC(=O)CCCCCCCCCCCCCCCCCCC(C)C. The minimum Gasteiger partial charge on any atom is -0.462 e. The molecule has 0 radical (unpaired) electrons. The Morgan fingerprint density at radius 2 is 0.569 bits per heavy atom. The van der Waals surface area contributed by atoms with Gasteiger partial charge in [0.25, 0.3) is 0 Å². The number of unbranched alkanes of at least 4 members (excludes halogenated alkanes) is 31. The van der Waals surface area contributed by atoms with Crippen molar-refractivity contribution < 1.29 is 28.6 Å². The highest BCUT2D eigenvalue weighted by Gasteiger charge is 2.19. The van der Waals surface area contributed by atoms with Gasteiger partial charge < -0.3 is 14.2 Å². The number of ether oxygens (including phenoxy) is 3. The van der Waals surface area contributed by atoms with Crippen LogP contribution in [0.4, 0.5) is 0 Å². The van der Waals surface area contributed by atoms with Gasteiger partial charge in [-0.15, -0.1) is 0 Å². The summed E-state index contributed by atoms with van der Waals surface area (Å²) >= 11 is 0. The lowest BCUT2D eigenvalue weighted by Gasteiger charge is -2.18. The van der Waals surface area contributed by atoms with E-state index in [0.717, 1.165) is 69.6 Å². The largest absolute Gasteiger partial charge is 0.462 e. The average Bonchev–Trinajstić information content (AvgIpc) is 3.19. The van der Waals surface area contributed by atoms with E-state index in [1.807, 2.05) is 0 Å². The molecule has 0 aromatic carbocycles. The summed E-state index contributed by atoms with van der Waals surface area (Å²) in [6.07, 6.45) is 45.3. The molecule has 6 nitrogen and oxygen atoms in total. The molecule has 0 aromatic rings. The molecule has 0 saturated carbocycles. The Balaban J connectivity index is 4.25. The van der Waals surface area contributed by atoms with Gasteiger partial charge in [0.1, 0.15) is 13.2 Å². The predicted molar refractivity (Wildman–Crippen MR) is 247 cm³/mol. The second-order valence-corrected chi connectivity index (χ2v) is 18.8. The number of esters is 3. The van der Waals surface area contributed by atoms with Crippen molar-refractivity contribution in [1.29, 1.82) is 0 Å². The number of rotatable bonds is 46. The summed E-state index contributed by atoms with van der Waals surface area (Å²) in [5.41, 5.74) is 0. The van der Waals surface area contributed by atoms with Gasteiger partial charge >= 0.3 is 17.9 Å². The first-order chi connectivity index (χ1) is 28.2. The van der Waals surface area contributed by atoms with Crippen LogP contribution in [0.5, 0.6) is 0 Å². The first kappa shape index (κ1) is 56.4. The molecule has 0 heterocycles. The molecule has 0 saturated heterocycles. The molecule has 6 heteroatoms. The van der Waals surface area contributed by atoms with Crippen LogP contribution >= 0.6 is 0 Å². The van der Waals surface area contributed by atoms with E-state index in [-0.39, 0.29) is 31.1 Å². The van der Waals surface area contributed by atoms with E-state index >= 15 is 0 Å². The summed E-state index contributed by atoms with van der Waals surface area (Å²) in [6.45, 7) is 11.3.